The summed E-state index contributed by atoms with van der Waals surface area (Å²) < 4.78 is 56.2. The van der Waals surface area contributed by atoms with Crippen molar-refractivity contribution in [1.82, 2.24) is 5.32 Å². The molecule has 1 aliphatic heterocycles. The molecule has 1 atom stereocenters. The number of fused-ring (bicyclic) bond motifs is 1. The highest BCUT2D eigenvalue weighted by molar-refractivity contribution is 6.21. The van der Waals surface area contributed by atoms with Crippen LogP contribution >= 0.6 is 11.6 Å². The van der Waals surface area contributed by atoms with Crippen molar-refractivity contribution in [3.63, 3.8) is 0 Å². The summed E-state index contributed by atoms with van der Waals surface area (Å²) in [7, 11) is 0. The predicted molar refractivity (Wildman–Crippen MR) is 63.8 cm³/mol. The number of nitrogens with one attached hydrogen (secondary N) is 1. The number of ether oxygens (including phenoxy) is 1. The van der Waals surface area contributed by atoms with E-state index in [1.54, 1.807) is 0 Å². The van der Waals surface area contributed by atoms with Crippen molar-refractivity contribution in [2.75, 3.05) is 13.2 Å². The molecule has 1 N–H and O–H groups in total. The van der Waals surface area contributed by atoms with Gasteiger partial charge in [0, 0.05) is 0 Å². The van der Waals surface area contributed by atoms with Crippen LogP contribution < -0.4 is 10.1 Å². The van der Waals surface area contributed by atoms with Crippen molar-refractivity contribution in [3.8, 4) is 5.75 Å². The van der Waals surface area contributed by atoms with Crippen LogP contribution in [-0.4, -0.2) is 31.4 Å². The van der Waals surface area contributed by atoms with Gasteiger partial charge in [0.15, 0.2) is 0 Å². The lowest BCUT2D eigenvalue weighted by atomic mass is 10.0. The van der Waals surface area contributed by atoms with E-state index in [1.807, 2.05) is 0 Å². The SMILES string of the molecule is O=C1NCCOc2ccc(C(Cl)C(F)(F)C(F)F)cc21. The minimum absolute atomic E-state index is 0.00397. The zero-order valence-corrected chi connectivity index (χ0v) is 10.8. The normalized spacial score (nSPS) is 17.0. The number of halogens is 5. The molecule has 1 heterocycles. The molecule has 0 spiro atoms. The number of hydrogen-bond donors (Lipinski definition) is 1. The molecule has 0 aromatic heterocycles. The highest BCUT2D eigenvalue weighted by atomic mass is 35.5. The summed E-state index contributed by atoms with van der Waals surface area (Å²) in [5, 5.41) is 0.253. The number of benzene rings is 1. The predicted octanol–water partition coefficient (Wildman–Crippen LogP) is 2.99. The van der Waals surface area contributed by atoms with Gasteiger partial charge < -0.3 is 10.1 Å². The Bertz CT molecular complexity index is 524. The summed E-state index contributed by atoms with van der Waals surface area (Å²) in [5.74, 6) is -4.71. The first-order valence-electron chi connectivity index (χ1n) is 5.69. The van der Waals surface area contributed by atoms with Crippen LogP contribution in [-0.2, 0) is 0 Å². The molecule has 0 saturated heterocycles. The van der Waals surface area contributed by atoms with E-state index in [2.05, 4.69) is 5.32 Å². The van der Waals surface area contributed by atoms with Gasteiger partial charge >= 0.3 is 12.3 Å². The van der Waals surface area contributed by atoms with Gasteiger partial charge in [0.2, 0.25) is 0 Å². The fraction of sp³-hybridized carbons (Fsp3) is 0.417. The smallest absolute Gasteiger partial charge is 0.327 e. The second kappa shape index (κ2) is 5.47. The Kier molecular flexibility index (Phi) is 4.08. The number of carbonyl (C=O) groups is 1. The average Bonchev–Trinajstić information content (AvgIpc) is 2.59. The maximum absolute atomic E-state index is 13.2. The molecule has 0 aliphatic carbocycles. The van der Waals surface area contributed by atoms with Crippen LogP contribution in [0.4, 0.5) is 17.6 Å². The number of rotatable bonds is 3. The first-order valence-corrected chi connectivity index (χ1v) is 6.12. The highest BCUT2D eigenvalue weighted by Crippen LogP contribution is 2.42. The van der Waals surface area contributed by atoms with E-state index >= 15 is 0 Å². The fourth-order valence-electron chi connectivity index (χ4n) is 1.76. The maximum atomic E-state index is 13.2. The van der Waals surface area contributed by atoms with Crippen LogP contribution in [0, 0.1) is 0 Å². The largest absolute Gasteiger partial charge is 0.491 e. The molecular weight excluding hydrogens is 302 g/mol. The highest BCUT2D eigenvalue weighted by Gasteiger charge is 2.48. The molecule has 1 aliphatic rings. The van der Waals surface area contributed by atoms with Gasteiger partial charge in [-0.05, 0) is 17.7 Å². The molecule has 3 nitrogen and oxygen atoms in total. The van der Waals surface area contributed by atoms with E-state index < -0.39 is 23.6 Å². The van der Waals surface area contributed by atoms with Crippen molar-refractivity contribution in [1.29, 1.82) is 0 Å². The van der Waals surface area contributed by atoms with E-state index in [1.165, 1.54) is 6.07 Å². The first kappa shape index (κ1) is 14.9. The first-order chi connectivity index (χ1) is 9.34. The summed E-state index contributed by atoms with van der Waals surface area (Å²) in [4.78, 5) is 11.7. The monoisotopic (exact) mass is 311 g/mol. The van der Waals surface area contributed by atoms with Gasteiger partial charge in [-0.2, -0.15) is 8.78 Å². The number of hydrogen-bond acceptors (Lipinski definition) is 2. The molecule has 0 radical (unpaired) electrons. The number of alkyl halides is 5. The van der Waals surface area contributed by atoms with Crippen LogP contribution in [0.15, 0.2) is 18.2 Å². The lowest BCUT2D eigenvalue weighted by Gasteiger charge is -2.21. The van der Waals surface area contributed by atoms with E-state index in [0.717, 1.165) is 12.1 Å². The van der Waals surface area contributed by atoms with Crippen LogP contribution in [0.3, 0.4) is 0 Å². The van der Waals surface area contributed by atoms with Crippen LogP contribution in [0.2, 0.25) is 0 Å². The van der Waals surface area contributed by atoms with E-state index in [-0.39, 0.29) is 30.0 Å². The molecule has 1 aromatic rings. The molecule has 0 saturated carbocycles. The van der Waals surface area contributed by atoms with Crippen molar-refractivity contribution in [2.45, 2.75) is 17.7 Å². The Morgan fingerprint density at radius 2 is 2.05 bits per heavy atom. The topological polar surface area (TPSA) is 38.3 Å². The number of carbonyl (C=O) groups excluding carboxylic acids is 1. The van der Waals surface area contributed by atoms with Crippen molar-refractivity contribution in [3.05, 3.63) is 29.3 Å². The van der Waals surface area contributed by atoms with Crippen LogP contribution in [0.25, 0.3) is 0 Å². The van der Waals surface area contributed by atoms with Gasteiger partial charge in [-0.3, -0.25) is 4.79 Å². The van der Waals surface area contributed by atoms with Gasteiger partial charge in [0.05, 0.1) is 12.1 Å². The molecule has 1 unspecified atom stereocenters. The average molecular weight is 312 g/mol. The Labute approximate surface area is 116 Å². The maximum Gasteiger partial charge on any atom is 0.327 e. The third-order valence-corrected chi connectivity index (χ3v) is 3.36. The summed E-state index contributed by atoms with van der Waals surface area (Å²) in [6.45, 7) is 0.496. The zero-order chi connectivity index (χ0) is 14.9. The second-order valence-electron chi connectivity index (χ2n) is 4.20. The minimum Gasteiger partial charge on any atom is -0.491 e. The molecule has 8 heteroatoms. The van der Waals surface area contributed by atoms with Gasteiger partial charge in [-0.25, -0.2) is 8.78 Å². The molecule has 0 fully saturated rings. The van der Waals surface area contributed by atoms with Crippen molar-refractivity contribution in [2.24, 2.45) is 0 Å². The third-order valence-electron chi connectivity index (χ3n) is 2.81. The summed E-state index contributed by atoms with van der Waals surface area (Å²) in [6, 6.07) is 3.46. The Morgan fingerprint density at radius 1 is 1.35 bits per heavy atom. The lowest BCUT2D eigenvalue weighted by Crippen LogP contribution is -2.31. The molecule has 0 bridgehead atoms. The van der Waals surface area contributed by atoms with Crippen molar-refractivity contribution < 1.29 is 27.1 Å². The van der Waals surface area contributed by atoms with Gasteiger partial charge in [-0.15, -0.1) is 11.6 Å². The van der Waals surface area contributed by atoms with E-state index in [0.29, 0.717) is 0 Å². The molecule has 1 aromatic carbocycles. The number of amides is 1. The Hall–Kier alpha value is -1.50. The van der Waals surface area contributed by atoms with E-state index in [9.17, 15) is 22.4 Å². The van der Waals surface area contributed by atoms with Gasteiger partial charge in [0.25, 0.3) is 5.91 Å². The Balaban J connectivity index is 2.38. The second-order valence-corrected chi connectivity index (χ2v) is 4.63. The van der Waals surface area contributed by atoms with Gasteiger partial charge in [-0.1, -0.05) is 6.07 Å². The summed E-state index contributed by atoms with van der Waals surface area (Å²) in [5.41, 5.74) is -0.271. The molecule has 2 rings (SSSR count). The van der Waals surface area contributed by atoms with Gasteiger partial charge in [0.1, 0.15) is 17.7 Å². The minimum atomic E-state index is -4.39. The molecule has 20 heavy (non-hydrogen) atoms. The lowest BCUT2D eigenvalue weighted by molar-refractivity contribution is -0.130. The quantitative estimate of drug-likeness (QED) is 0.688. The molecule has 1 amide bonds. The standard InChI is InChI=1S/C12H10ClF4NO2/c13-9(12(16,17)11(14)15)6-1-2-8-7(5-6)10(19)18-3-4-20-8/h1-2,5,9,11H,3-4H2,(H,18,19). The molecule has 110 valence electrons. The third kappa shape index (κ3) is 2.67. The summed E-state index contributed by atoms with van der Waals surface area (Å²) in [6.07, 6.45) is -3.89. The summed E-state index contributed by atoms with van der Waals surface area (Å²) >= 11 is 5.42. The fourth-order valence-corrected chi connectivity index (χ4v) is 1.99. The van der Waals surface area contributed by atoms with Crippen molar-refractivity contribution >= 4 is 17.5 Å². The van der Waals surface area contributed by atoms with E-state index in [4.69, 9.17) is 16.3 Å². The van der Waals surface area contributed by atoms with Crippen LogP contribution in [0.1, 0.15) is 21.3 Å². The molecular formula is C12H10ClF4NO2. The zero-order valence-electron chi connectivity index (χ0n) is 10.0. The van der Waals surface area contributed by atoms with Crippen LogP contribution in [0.5, 0.6) is 5.75 Å². The Morgan fingerprint density at radius 3 is 2.70 bits per heavy atom.